The molecule has 1 atom stereocenters. The fourth-order valence-corrected chi connectivity index (χ4v) is 2.10. The van der Waals surface area contributed by atoms with Gasteiger partial charge in [-0.2, -0.15) is 0 Å². The summed E-state index contributed by atoms with van der Waals surface area (Å²) in [6.07, 6.45) is 3.98. The number of piperidine rings is 1. The number of likely N-dealkylation sites (tertiary alicyclic amines) is 1. The monoisotopic (exact) mass is 404 g/mol. The maximum Gasteiger partial charge on any atom is 0.286 e. The molecule has 0 spiro atoms. The summed E-state index contributed by atoms with van der Waals surface area (Å²) in [6.45, 7) is 18.6. The van der Waals surface area contributed by atoms with E-state index in [9.17, 15) is 14.4 Å². The third-order valence-electron chi connectivity index (χ3n) is 3.70. The van der Waals surface area contributed by atoms with Crippen LogP contribution in [0, 0.1) is 0 Å². The van der Waals surface area contributed by atoms with Gasteiger partial charge in [0.1, 0.15) is 5.71 Å². The first-order chi connectivity index (χ1) is 13.6. The van der Waals surface area contributed by atoms with E-state index in [0.29, 0.717) is 13.0 Å². The van der Waals surface area contributed by atoms with E-state index in [4.69, 9.17) is 4.74 Å². The van der Waals surface area contributed by atoms with Crippen molar-refractivity contribution in [3.63, 3.8) is 0 Å². The van der Waals surface area contributed by atoms with Crippen LogP contribution in [0.1, 0.15) is 40.5 Å². The molecule has 0 bridgehead atoms. The summed E-state index contributed by atoms with van der Waals surface area (Å²) in [5.74, 6) is -1.52. The quantitative estimate of drug-likeness (QED) is 0.281. The van der Waals surface area contributed by atoms with Gasteiger partial charge in [0.2, 0.25) is 5.91 Å². The number of nitrogens with one attached hydrogen (secondary N) is 2. The minimum atomic E-state index is -0.567. The topological polar surface area (TPSA) is 100 Å². The summed E-state index contributed by atoms with van der Waals surface area (Å²) in [6, 6.07) is -0.279. The number of aliphatic imine (C=N–C) groups is 1. The maximum atomic E-state index is 12.1. The van der Waals surface area contributed by atoms with E-state index < -0.39 is 11.8 Å². The van der Waals surface area contributed by atoms with Crippen molar-refractivity contribution in [2.75, 3.05) is 13.6 Å². The number of carbonyl (C=O) groups excluding carboxylic acids is 3. The van der Waals surface area contributed by atoms with Gasteiger partial charge in [-0.25, -0.2) is 0 Å². The van der Waals surface area contributed by atoms with E-state index >= 15 is 0 Å². The molecule has 8 nitrogen and oxygen atoms in total. The lowest BCUT2D eigenvalue weighted by Crippen LogP contribution is -2.46. The minimum absolute atomic E-state index is 0.0368. The summed E-state index contributed by atoms with van der Waals surface area (Å²) in [5.41, 5.74) is 0.977. The van der Waals surface area contributed by atoms with Crippen LogP contribution in [-0.4, -0.2) is 48.0 Å². The van der Waals surface area contributed by atoms with Crippen molar-refractivity contribution in [2.45, 2.75) is 46.6 Å². The Labute approximate surface area is 173 Å². The Morgan fingerprint density at radius 3 is 2.38 bits per heavy atom. The molecular weight excluding hydrogens is 372 g/mol. The van der Waals surface area contributed by atoms with Crippen molar-refractivity contribution in [2.24, 2.45) is 4.99 Å². The molecule has 29 heavy (non-hydrogen) atoms. The molecule has 1 saturated heterocycles. The highest BCUT2D eigenvalue weighted by Crippen LogP contribution is 2.11. The SMILES string of the molecule is C=C(C)/C=C\N=C(C)C(=O)NC(=C)OC(=C)C(=O)NC1CCN(C)C(=O)C1.CC. The number of ether oxygens (including phenoxy) is 1. The Morgan fingerprint density at radius 1 is 1.21 bits per heavy atom. The molecular formula is C21H32N4O4. The number of hydrogen-bond acceptors (Lipinski definition) is 5. The molecule has 0 aromatic carbocycles. The Bertz CT molecular complexity index is 722. The standard InChI is InChI=1S/C19H26N4O4.C2H6/c1-12(2)7-9-20-13(3)18(25)21-15(5)27-14(4)19(26)22-16-8-10-23(6)17(24)11-16;1-2/h7,9,16H,1,4-5,8,10-11H2,2-3,6H3,(H,21,25)(H,22,26);1-2H3/b9-7-,20-13?;. The second-order valence-electron chi connectivity index (χ2n) is 6.26. The number of allylic oxidation sites excluding steroid dienone is 2. The molecule has 1 aliphatic rings. The van der Waals surface area contributed by atoms with Crippen LogP contribution in [0.2, 0.25) is 0 Å². The minimum Gasteiger partial charge on any atom is -0.436 e. The van der Waals surface area contributed by atoms with Gasteiger partial charge < -0.3 is 15.0 Å². The number of nitrogens with zero attached hydrogens (tertiary/aromatic N) is 2. The van der Waals surface area contributed by atoms with Gasteiger partial charge in [-0.05, 0) is 32.9 Å². The lowest BCUT2D eigenvalue weighted by Gasteiger charge is -2.29. The highest BCUT2D eigenvalue weighted by molar-refractivity contribution is 6.38. The largest absolute Gasteiger partial charge is 0.436 e. The molecule has 0 aromatic rings. The van der Waals surface area contributed by atoms with E-state index in [1.807, 2.05) is 13.8 Å². The van der Waals surface area contributed by atoms with E-state index in [1.165, 1.54) is 13.1 Å². The first-order valence-electron chi connectivity index (χ1n) is 9.38. The molecule has 1 aliphatic heterocycles. The van der Waals surface area contributed by atoms with Crippen LogP contribution < -0.4 is 10.6 Å². The first kappa shape index (κ1) is 25.8. The molecule has 1 heterocycles. The van der Waals surface area contributed by atoms with Crippen molar-refractivity contribution in [1.82, 2.24) is 15.5 Å². The average molecular weight is 405 g/mol. The lowest BCUT2D eigenvalue weighted by molar-refractivity contribution is -0.133. The molecule has 0 saturated carbocycles. The summed E-state index contributed by atoms with van der Waals surface area (Å²) in [7, 11) is 1.72. The zero-order valence-corrected chi connectivity index (χ0v) is 18.0. The molecule has 160 valence electrons. The lowest BCUT2D eigenvalue weighted by atomic mass is 10.0. The summed E-state index contributed by atoms with van der Waals surface area (Å²) >= 11 is 0. The second-order valence-corrected chi connectivity index (χ2v) is 6.26. The zero-order chi connectivity index (χ0) is 22.6. The summed E-state index contributed by atoms with van der Waals surface area (Å²) in [5, 5.41) is 5.06. The zero-order valence-electron chi connectivity index (χ0n) is 18.0. The van der Waals surface area contributed by atoms with E-state index in [0.717, 1.165) is 5.57 Å². The highest BCUT2D eigenvalue weighted by Gasteiger charge is 2.25. The summed E-state index contributed by atoms with van der Waals surface area (Å²) in [4.78, 5) is 41.3. The normalized spacial score (nSPS) is 16.4. The molecule has 1 fully saturated rings. The van der Waals surface area contributed by atoms with Gasteiger partial charge >= 0.3 is 0 Å². The molecule has 8 heteroatoms. The third-order valence-corrected chi connectivity index (χ3v) is 3.70. The fraction of sp³-hybridized carbons (Fsp3) is 0.429. The van der Waals surface area contributed by atoms with Crippen molar-refractivity contribution in [3.8, 4) is 0 Å². The number of rotatable bonds is 8. The molecule has 3 amide bonds. The Balaban J connectivity index is 0.00000379. The van der Waals surface area contributed by atoms with Crippen LogP contribution in [0.5, 0.6) is 0 Å². The van der Waals surface area contributed by atoms with Gasteiger partial charge in [-0.3, -0.25) is 24.7 Å². The summed E-state index contributed by atoms with van der Waals surface area (Å²) < 4.78 is 5.15. The van der Waals surface area contributed by atoms with Crippen molar-refractivity contribution in [1.29, 1.82) is 0 Å². The van der Waals surface area contributed by atoms with Crippen molar-refractivity contribution >= 4 is 23.4 Å². The van der Waals surface area contributed by atoms with Crippen LogP contribution in [0.15, 0.2) is 54.2 Å². The van der Waals surface area contributed by atoms with Gasteiger partial charge in [0.05, 0.1) is 0 Å². The van der Waals surface area contributed by atoms with E-state index in [2.05, 4.69) is 35.4 Å². The first-order valence-corrected chi connectivity index (χ1v) is 9.38. The van der Waals surface area contributed by atoms with Gasteiger partial charge in [-0.15, -0.1) is 0 Å². The van der Waals surface area contributed by atoms with E-state index in [1.54, 1.807) is 24.9 Å². The van der Waals surface area contributed by atoms with Gasteiger partial charge in [0.25, 0.3) is 11.8 Å². The molecule has 0 radical (unpaired) electrons. The molecule has 1 unspecified atom stereocenters. The van der Waals surface area contributed by atoms with Crippen molar-refractivity contribution < 1.29 is 19.1 Å². The molecule has 0 aromatic heterocycles. The fourth-order valence-electron chi connectivity index (χ4n) is 2.10. The predicted molar refractivity (Wildman–Crippen MR) is 115 cm³/mol. The number of hydrogen-bond donors (Lipinski definition) is 2. The molecule has 1 rings (SSSR count). The predicted octanol–water partition coefficient (Wildman–Crippen LogP) is 2.42. The van der Waals surface area contributed by atoms with Crippen LogP contribution in [0.25, 0.3) is 0 Å². The second kappa shape index (κ2) is 13.1. The Morgan fingerprint density at radius 2 is 1.83 bits per heavy atom. The average Bonchev–Trinajstić information content (AvgIpc) is 2.65. The van der Waals surface area contributed by atoms with Crippen LogP contribution in [0.4, 0.5) is 0 Å². The van der Waals surface area contributed by atoms with Gasteiger partial charge in [-0.1, -0.05) is 32.6 Å². The number of amides is 3. The molecule has 2 N–H and O–H groups in total. The van der Waals surface area contributed by atoms with Crippen molar-refractivity contribution in [3.05, 3.63) is 49.2 Å². The highest BCUT2D eigenvalue weighted by atomic mass is 16.5. The van der Waals surface area contributed by atoms with Gasteiger partial charge in [0, 0.05) is 32.3 Å². The third kappa shape index (κ3) is 10.1. The van der Waals surface area contributed by atoms with Crippen LogP contribution in [-0.2, 0) is 19.1 Å². The van der Waals surface area contributed by atoms with Gasteiger partial charge in [0.15, 0.2) is 11.6 Å². The Kier molecular flexibility index (Phi) is 11.7. The number of carbonyl (C=O) groups is 3. The van der Waals surface area contributed by atoms with Crippen LogP contribution >= 0.6 is 0 Å². The Hall–Kier alpha value is -3.16. The van der Waals surface area contributed by atoms with E-state index in [-0.39, 0.29) is 35.7 Å². The maximum absolute atomic E-state index is 12.1. The molecule has 0 aliphatic carbocycles. The smallest absolute Gasteiger partial charge is 0.286 e. The van der Waals surface area contributed by atoms with Crippen LogP contribution in [0.3, 0.4) is 0 Å².